The normalized spacial score (nSPS) is 12.5. The van der Waals surface area contributed by atoms with Gasteiger partial charge in [-0.25, -0.2) is 0 Å². The van der Waals surface area contributed by atoms with Crippen molar-refractivity contribution in [3.05, 3.63) is 59.7 Å². The molecule has 1 amide bonds. The first-order valence-corrected chi connectivity index (χ1v) is 9.95. The van der Waals surface area contributed by atoms with E-state index in [1.165, 1.54) is 0 Å². The monoisotopic (exact) mass is 383 g/mol. The lowest BCUT2D eigenvalue weighted by atomic mass is 9.86. The average Bonchev–Trinajstić information content (AvgIpc) is 2.64. The van der Waals surface area contributed by atoms with Gasteiger partial charge in [-0.2, -0.15) is 0 Å². The maximum absolute atomic E-state index is 12.4. The van der Waals surface area contributed by atoms with Crippen molar-refractivity contribution in [2.24, 2.45) is 0 Å². The van der Waals surface area contributed by atoms with E-state index >= 15 is 0 Å². The Balaban J connectivity index is 1.85. The molecule has 0 aliphatic carbocycles. The van der Waals surface area contributed by atoms with Gasteiger partial charge >= 0.3 is 0 Å². The van der Waals surface area contributed by atoms with Crippen LogP contribution in [0.5, 0.6) is 11.5 Å². The summed E-state index contributed by atoms with van der Waals surface area (Å²) in [7, 11) is 0. The van der Waals surface area contributed by atoms with E-state index in [-0.39, 0.29) is 11.3 Å². The summed E-state index contributed by atoms with van der Waals surface area (Å²) in [6.07, 6.45) is -0.568. The summed E-state index contributed by atoms with van der Waals surface area (Å²) in [4.78, 5) is 12.4. The van der Waals surface area contributed by atoms with Crippen LogP contribution in [0.1, 0.15) is 58.6 Å². The highest BCUT2D eigenvalue weighted by Gasteiger charge is 2.19. The lowest BCUT2D eigenvalue weighted by Crippen LogP contribution is -2.38. The molecule has 0 saturated carbocycles. The van der Waals surface area contributed by atoms with Crippen molar-refractivity contribution in [1.29, 1.82) is 0 Å². The molecule has 0 aromatic heterocycles. The first-order valence-electron chi connectivity index (χ1n) is 9.95. The number of carbonyl (C=O) groups is 1. The average molecular weight is 384 g/mol. The van der Waals surface area contributed by atoms with E-state index in [0.29, 0.717) is 19.1 Å². The first-order chi connectivity index (χ1) is 13.2. The fourth-order valence-corrected chi connectivity index (χ4v) is 3.00. The van der Waals surface area contributed by atoms with E-state index in [2.05, 4.69) is 46.0 Å². The summed E-state index contributed by atoms with van der Waals surface area (Å²) in [6.45, 7) is 13.3. The van der Waals surface area contributed by atoms with Crippen LogP contribution in [-0.4, -0.2) is 25.2 Å². The highest BCUT2D eigenvalue weighted by Crippen LogP contribution is 2.30. The third-order valence-electron chi connectivity index (χ3n) is 4.57. The first kappa shape index (κ1) is 21.8. The number of amides is 1. The Morgan fingerprint density at radius 1 is 0.964 bits per heavy atom. The van der Waals surface area contributed by atoms with Crippen molar-refractivity contribution in [3.8, 4) is 11.5 Å². The lowest BCUT2D eigenvalue weighted by molar-refractivity contribution is -0.127. The van der Waals surface area contributed by atoms with Gasteiger partial charge in [-0.3, -0.25) is 4.79 Å². The molecule has 2 rings (SSSR count). The third kappa shape index (κ3) is 6.01. The number of carbonyl (C=O) groups excluding carboxylic acids is 1. The van der Waals surface area contributed by atoms with Gasteiger partial charge in [-0.15, -0.1) is 0 Å². The summed E-state index contributed by atoms with van der Waals surface area (Å²) >= 11 is 0. The Morgan fingerprint density at radius 3 is 2.21 bits per heavy atom. The molecule has 1 atom stereocenters. The summed E-state index contributed by atoms with van der Waals surface area (Å²) in [5, 5.41) is 2.89. The van der Waals surface area contributed by atoms with Crippen LogP contribution in [0.15, 0.2) is 48.5 Å². The van der Waals surface area contributed by atoms with E-state index < -0.39 is 6.10 Å². The molecule has 28 heavy (non-hydrogen) atoms. The predicted molar refractivity (Wildman–Crippen MR) is 114 cm³/mol. The Kier molecular flexibility index (Phi) is 7.50. The molecule has 152 valence electrons. The van der Waals surface area contributed by atoms with Crippen LogP contribution in [0.4, 0.5) is 0 Å². The molecule has 1 N–H and O–H groups in total. The second kappa shape index (κ2) is 9.63. The smallest absolute Gasteiger partial charge is 0.260 e. The molecule has 0 saturated heterocycles. The van der Waals surface area contributed by atoms with Crippen molar-refractivity contribution >= 4 is 5.91 Å². The van der Waals surface area contributed by atoms with Crippen molar-refractivity contribution in [3.63, 3.8) is 0 Å². The molecular formula is C24H33NO3. The van der Waals surface area contributed by atoms with Crippen molar-refractivity contribution in [1.82, 2.24) is 5.32 Å². The summed E-state index contributed by atoms with van der Waals surface area (Å²) in [6, 6.07) is 15.9. The van der Waals surface area contributed by atoms with Crippen molar-refractivity contribution in [2.75, 3.05) is 13.2 Å². The van der Waals surface area contributed by atoms with Gasteiger partial charge in [0, 0.05) is 0 Å². The maximum atomic E-state index is 12.4. The van der Waals surface area contributed by atoms with Gasteiger partial charge in [-0.05, 0) is 41.5 Å². The Morgan fingerprint density at radius 2 is 1.57 bits per heavy atom. The van der Waals surface area contributed by atoms with Gasteiger partial charge in [0.05, 0.1) is 6.54 Å². The van der Waals surface area contributed by atoms with E-state index in [4.69, 9.17) is 9.47 Å². The topological polar surface area (TPSA) is 47.6 Å². The SMILES string of the molecule is CC(C)c1ccccc1O[C@H](C)C(=O)NCCOc1ccccc1C(C)(C)C. The predicted octanol–water partition coefficient (Wildman–Crippen LogP) is 5.07. The zero-order chi connectivity index (χ0) is 20.7. The molecule has 0 aliphatic heterocycles. The van der Waals surface area contributed by atoms with E-state index in [1.54, 1.807) is 6.92 Å². The van der Waals surface area contributed by atoms with Crippen LogP contribution in [0.25, 0.3) is 0 Å². The molecule has 2 aromatic rings. The fourth-order valence-electron chi connectivity index (χ4n) is 3.00. The van der Waals surface area contributed by atoms with Gasteiger partial charge < -0.3 is 14.8 Å². The van der Waals surface area contributed by atoms with Crippen LogP contribution in [0.3, 0.4) is 0 Å². The molecule has 0 bridgehead atoms. The molecule has 0 fully saturated rings. The number of nitrogens with one attached hydrogen (secondary N) is 1. The zero-order valence-electron chi connectivity index (χ0n) is 17.9. The zero-order valence-corrected chi connectivity index (χ0v) is 17.9. The minimum absolute atomic E-state index is 0.00595. The molecule has 2 aromatic carbocycles. The Labute approximate surface area is 169 Å². The van der Waals surface area contributed by atoms with E-state index in [0.717, 1.165) is 22.6 Å². The van der Waals surface area contributed by atoms with Gasteiger partial charge in [0.25, 0.3) is 5.91 Å². The summed E-state index contributed by atoms with van der Waals surface area (Å²) in [5.74, 6) is 1.81. The Hall–Kier alpha value is -2.49. The van der Waals surface area contributed by atoms with Gasteiger partial charge in [0.15, 0.2) is 6.10 Å². The second-order valence-electron chi connectivity index (χ2n) is 8.34. The fraction of sp³-hybridized carbons (Fsp3) is 0.458. The van der Waals surface area contributed by atoms with Gasteiger partial charge in [0.1, 0.15) is 18.1 Å². The highest BCUT2D eigenvalue weighted by atomic mass is 16.5. The number of ether oxygens (including phenoxy) is 2. The molecular weight excluding hydrogens is 350 g/mol. The highest BCUT2D eigenvalue weighted by molar-refractivity contribution is 5.80. The van der Waals surface area contributed by atoms with Crippen molar-refractivity contribution < 1.29 is 14.3 Å². The quantitative estimate of drug-likeness (QED) is 0.648. The number of rotatable bonds is 8. The number of para-hydroxylation sites is 2. The molecule has 0 spiro atoms. The largest absolute Gasteiger partial charge is 0.491 e. The third-order valence-corrected chi connectivity index (χ3v) is 4.57. The van der Waals surface area contributed by atoms with Crippen molar-refractivity contribution in [2.45, 2.75) is 59.0 Å². The number of hydrogen-bond acceptors (Lipinski definition) is 3. The molecule has 0 unspecified atom stereocenters. The van der Waals surface area contributed by atoms with Crippen LogP contribution in [0.2, 0.25) is 0 Å². The number of hydrogen-bond donors (Lipinski definition) is 1. The molecule has 4 nitrogen and oxygen atoms in total. The van der Waals surface area contributed by atoms with Crippen LogP contribution >= 0.6 is 0 Å². The minimum Gasteiger partial charge on any atom is -0.491 e. The molecule has 0 radical (unpaired) electrons. The lowest BCUT2D eigenvalue weighted by Gasteiger charge is -2.23. The van der Waals surface area contributed by atoms with Gasteiger partial charge in [-0.1, -0.05) is 71.0 Å². The molecule has 0 heterocycles. The van der Waals surface area contributed by atoms with Gasteiger partial charge in [0.2, 0.25) is 0 Å². The van der Waals surface area contributed by atoms with E-state index in [9.17, 15) is 4.79 Å². The van der Waals surface area contributed by atoms with Crippen LogP contribution in [-0.2, 0) is 10.2 Å². The van der Waals surface area contributed by atoms with Crippen LogP contribution < -0.4 is 14.8 Å². The number of benzene rings is 2. The standard InChI is InChI=1S/C24H33NO3/c1-17(2)19-11-7-9-13-21(19)28-18(3)23(26)25-15-16-27-22-14-10-8-12-20(22)24(4,5)6/h7-14,17-18H,15-16H2,1-6H3,(H,25,26)/t18-/m1/s1. The summed E-state index contributed by atoms with van der Waals surface area (Å²) in [5.41, 5.74) is 2.26. The molecule has 0 aliphatic rings. The Bertz CT molecular complexity index is 777. The van der Waals surface area contributed by atoms with Crippen LogP contribution in [0, 0.1) is 0 Å². The maximum Gasteiger partial charge on any atom is 0.260 e. The van der Waals surface area contributed by atoms with E-state index in [1.807, 2.05) is 42.5 Å². The minimum atomic E-state index is -0.568. The molecule has 4 heteroatoms. The second-order valence-corrected chi connectivity index (χ2v) is 8.34. The summed E-state index contributed by atoms with van der Waals surface area (Å²) < 4.78 is 11.8.